The van der Waals surface area contributed by atoms with Gasteiger partial charge in [0.25, 0.3) is 0 Å². The Kier molecular flexibility index (Phi) is 4.72. The number of hydrogen-bond acceptors (Lipinski definition) is 5. The predicted octanol–water partition coefficient (Wildman–Crippen LogP) is 1.67. The molecule has 1 aliphatic carbocycles. The van der Waals surface area contributed by atoms with Crippen molar-refractivity contribution in [1.29, 1.82) is 0 Å². The molecular weight excluding hydrogens is 314 g/mol. The molecule has 0 radical (unpaired) electrons. The zero-order chi connectivity index (χ0) is 15.7. The standard InChI is InChI=1S/C13H19NO5S2/c1-9-2-5-13(17,6-3-9)8-14-21(18,19)10-4-7-20-11(10)12(15)16/h4,7,9,14,17H,2-3,5-6,8H2,1H3,(H,15,16). The number of sulfonamides is 1. The van der Waals surface area contributed by atoms with Gasteiger partial charge in [-0.25, -0.2) is 17.9 Å². The Bertz CT molecular complexity index is 614. The van der Waals surface area contributed by atoms with E-state index in [0.717, 1.165) is 24.2 Å². The molecule has 1 aliphatic rings. The zero-order valence-corrected chi connectivity index (χ0v) is 13.3. The first kappa shape index (κ1) is 16.4. The quantitative estimate of drug-likeness (QED) is 0.760. The van der Waals surface area contributed by atoms with Crippen LogP contribution >= 0.6 is 11.3 Å². The SMILES string of the molecule is CC1CCC(O)(CNS(=O)(=O)c2ccsc2C(=O)O)CC1. The van der Waals surface area contributed by atoms with Crippen LogP contribution in [0.5, 0.6) is 0 Å². The van der Waals surface area contributed by atoms with Gasteiger partial charge in [-0.2, -0.15) is 0 Å². The van der Waals surface area contributed by atoms with E-state index in [1.54, 1.807) is 0 Å². The van der Waals surface area contributed by atoms with Crippen LogP contribution in [0.3, 0.4) is 0 Å². The Morgan fingerprint density at radius 3 is 2.67 bits per heavy atom. The lowest BCUT2D eigenvalue weighted by Gasteiger charge is -2.34. The van der Waals surface area contributed by atoms with E-state index in [4.69, 9.17) is 5.11 Å². The van der Waals surface area contributed by atoms with E-state index in [9.17, 15) is 18.3 Å². The van der Waals surface area contributed by atoms with E-state index < -0.39 is 21.6 Å². The van der Waals surface area contributed by atoms with Crippen LogP contribution in [0.15, 0.2) is 16.3 Å². The molecular formula is C13H19NO5S2. The molecule has 1 heterocycles. The minimum Gasteiger partial charge on any atom is -0.477 e. The summed E-state index contributed by atoms with van der Waals surface area (Å²) in [5, 5.41) is 20.8. The molecule has 21 heavy (non-hydrogen) atoms. The number of rotatable bonds is 5. The molecule has 0 spiro atoms. The van der Waals surface area contributed by atoms with Crippen LogP contribution in [0.1, 0.15) is 42.3 Å². The summed E-state index contributed by atoms with van der Waals surface area (Å²) in [5.41, 5.74) is -1.04. The van der Waals surface area contributed by atoms with Crippen molar-refractivity contribution in [3.63, 3.8) is 0 Å². The van der Waals surface area contributed by atoms with Gasteiger partial charge in [0.1, 0.15) is 9.77 Å². The maximum atomic E-state index is 12.2. The topological polar surface area (TPSA) is 104 Å². The fourth-order valence-electron chi connectivity index (χ4n) is 2.45. The first-order valence-corrected chi connectivity index (χ1v) is 9.13. The molecule has 0 saturated heterocycles. The van der Waals surface area contributed by atoms with Crippen LogP contribution in [-0.4, -0.2) is 36.7 Å². The van der Waals surface area contributed by atoms with Gasteiger partial charge in [-0.05, 0) is 43.0 Å². The zero-order valence-electron chi connectivity index (χ0n) is 11.7. The van der Waals surface area contributed by atoms with Gasteiger partial charge < -0.3 is 10.2 Å². The van der Waals surface area contributed by atoms with Crippen molar-refractivity contribution in [1.82, 2.24) is 4.72 Å². The third kappa shape index (κ3) is 3.82. The smallest absolute Gasteiger partial charge is 0.347 e. The summed E-state index contributed by atoms with van der Waals surface area (Å²) in [7, 11) is -3.92. The molecule has 1 fully saturated rings. The molecule has 1 aromatic heterocycles. The molecule has 6 nitrogen and oxygen atoms in total. The van der Waals surface area contributed by atoms with E-state index in [2.05, 4.69) is 11.6 Å². The van der Waals surface area contributed by atoms with Gasteiger partial charge in [0, 0.05) is 6.54 Å². The second-order valence-corrected chi connectivity index (χ2v) is 8.30. The highest BCUT2D eigenvalue weighted by Crippen LogP contribution is 2.31. The monoisotopic (exact) mass is 333 g/mol. The lowest BCUT2D eigenvalue weighted by atomic mass is 9.80. The molecule has 0 aromatic carbocycles. The minimum atomic E-state index is -3.92. The van der Waals surface area contributed by atoms with Crippen LogP contribution < -0.4 is 4.72 Å². The van der Waals surface area contributed by atoms with Crippen molar-refractivity contribution in [2.24, 2.45) is 5.92 Å². The van der Waals surface area contributed by atoms with Gasteiger partial charge in [-0.1, -0.05) is 6.92 Å². The molecule has 118 valence electrons. The highest BCUT2D eigenvalue weighted by molar-refractivity contribution is 7.89. The lowest BCUT2D eigenvalue weighted by molar-refractivity contribution is -0.00182. The van der Waals surface area contributed by atoms with Crippen molar-refractivity contribution >= 4 is 27.3 Å². The summed E-state index contributed by atoms with van der Waals surface area (Å²) in [6.45, 7) is 2.02. The number of aliphatic hydroxyl groups is 1. The molecule has 8 heteroatoms. The summed E-state index contributed by atoms with van der Waals surface area (Å²) in [6.07, 6.45) is 2.81. The Morgan fingerprint density at radius 2 is 2.10 bits per heavy atom. The number of hydrogen-bond donors (Lipinski definition) is 3. The number of carbonyl (C=O) groups is 1. The second-order valence-electron chi connectivity index (χ2n) is 5.65. The first-order valence-electron chi connectivity index (χ1n) is 6.76. The largest absolute Gasteiger partial charge is 0.477 e. The van der Waals surface area contributed by atoms with E-state index in [-0.39, 0.29) is 16.3 Å². The Morgan fingerprint density at radius 1 is 1.48 bits per heavy atom. The van der Waals surface area contributed by atoms with Gasteiger partial charge in [0.2, 0.25) is 10.0 Å². The maximum absolute atomic E-state index is 12.2. The van der Waals surface area contributed by atoms with Crippen LogP contribution in [0.25, 0.3) is 0 Å². The van der Waals surface area contributed by atoms with E-state index in [1.165, 1.54) is 11.4 Å². The van der Waals surface area contributed by atoms with Gasteiger partial charge in [-0.3, -0.25) is 0 Å². The van der Waals surface area contributed by atoms with E-state index >= 15 is 0 Å². The predicted molar refractivity (Wildman–Crippen MR) is 79.0 cm³/mol. The van der Waals surface area contributed by atoms with Crippen LogP contribution in [0.2, 0.25) is 0 Å². The van der Waals surface area contributed by atoms with Gasteiger partial charge in [0.15, 0.2) is 0 Å². The molecule has 0 amide bonds. The molecule has 0 bridgehead atoms. The van der Waals surface area contributed by atoms with Crippen molar-refractivity contribution in [2.75, 3.05) is 6.54 Å². The third-order valence-electron chi connectivity index (χ3n) is 3.91. The minimum absolute atomic E-state index is 0.0864. The van der Waals surface area contributed by atoms with Crippen molar-refractivity contribution < 1.29 is 23.4 Å². The molecule has 1 saturated carbocycles. The number of carboxylic acid groups (broad SMARTS) is 1. The molecule has 2 rings (SSSR count). The van der Waals surface area contributed by atoms with Crippen LogP contribution in [0.4, 0.5) is 0 Å². The van der Waals surface area contributed by atoms with Crippen molar-refractivity contribution in [2.45, 2.75) is 43.1 Å². The van der Waals surface area contributed by atoms with Gasteiger partial charge in [-0.15, -0.1) is 11.3 Å². The fourth-order valence-corrected chi connectivity index (χ4v) is 4.83. The van der Waals surface area contributed by atoms with Crippen LogP contribution in [0, 0.1) is 5.92 Å². The molecule has 0 unspecified atom stereocenters. The van der Waals surface area contributed by atoms with Crippen molar-refractivity contribution in [3.05, 3.63) is 16.3 Å². The fraction of sp³-hybridized carbons (Fsp3) is 0.615. The Balaban J connectivity index is 2.08. The lowest BCUT2D eigenvalue weighted by Crippen LogP contribution is -2.45. The average Bonchev–Trinajstić information content (AvgIpc) is 2.91. The average molecular weight is 333 g/mol. The number of thiophene rings is 1. The summed E-state index contributed by atoms with van der Waals surface area (Å²) in [6, 6.07) is 1.27. The summed E-state index contributed by atoms with van der Waals surface area (Å²) < 4.78 is 26.7. The molecule has 1 aromatic rings. The summed E-state index contributed by atoms with van der Waals surface area (Å²) in [4.78, 5) is 10.5. The Labute approximate surface area is 127 Å². The van der Waals surface area contributed by atoms with E-state index in [1.807, 2.05) is 0 Å². The molecule has 0 atom stereocenters. The second kappa shape index (κ2) is 6.04. The maximum Gasteiger partial charge on any atom is 0.347 e. The Hall–Kier alpha value is -0.960. The van der Waals surface area contributed by atoms with Crippen LogP contribution in [-0.2, 0) is 10.0 Å². The van der Waals surface area contributed by atoms with Crippen molar-refractivity contribution in [3.8, 4) is 0 Å². The normalized spacial score (nSPS) is 26.7. The third-order valence-corrected chi connectivity index (χ3v) is 6.38. The van der Waals surface area contributed by atoms with Gasteiger partial charge >= 0.3 is 5.97 Å². The van der Waals surface area contributed by atoms with E-state index in [0.29, 0.717) is 18.8 Å². The van der Waals surface area contributed by atoms with Gasteiger partial charge in [0.05, 0.1) is 5.60 Å². The molecule has 0 aliphatic heterocycles. The number of aromatic carboxylic acids is 1. The molecule has 3 N–H and O–H groups in total. The summed E-state index contributed by atoms with van der Waals surface area (Å²) >= 11 is 0.864. The summed E-state index contributed by atoms with van der Waals surface area (Å²) in [5.74, 6) is -0.729. The number of nitrogens with one attached hydrogen (secondary N) is 1. The highest BCUT2D eigenvalue weighted by atomic mass is 32.2. The first-order chi connectivity index (χ1) is 9.73. The highest BCUT2D eigenvalue weighted by Gasteiger charge is 2.34. The number of carboxylic acids is 1.